The van der Waals surface area contributed by atoms with Crippen LogP contribution in [0, 0.1) is 12.8 Å². The minimum Gasteiger partial charge on any atom is -0.326 e. The summed E-state index contributed by atoms with van der Waals surface area (Å²) in [6.07, 6.45) is 2.57. The van der Waals surface area contributed by atoms with Crippen LogP contribution in [0.25, 0.3) is 0 Å². The molecule has 0 amide bonds. The molecule has 0 aromatic heterocycles. The number of benzene rings is 1. The standard InChI is InChI=1S/C18H31N3/c1-14-5-7-17(8-6-14)18(15(2)19)21-11-9-16(10-12-21)13-20(3)4/h5-8,15-16,18H,9-13,19H2,1-4H3. The van der Waals surface area contributed by atoms with E-state index in [1.165, 1.54) is 43.6 Å². The molecule has 0 saturated carbocycles. The summed E-state index contributed by atoms with van der Waals surface area (Å²) < 4.78 is 0. The zero-order valence-corrected chi connectivity index (χ0v) is 14.0. The molecule has 2 atom stereocenters. The van der Waals surface area contributed by atoms with Gasteiger partial charge in [-0.3, -0.25) is 4.90 Å². The molecule has 0 radical (unpaired) electrons. The van der Waals surface area contributed by atoms with Crippen LogP contribution in [0.5, 0.6) is 0 Å². The van der Waals surface area contributed by atoms with E-state index in [-0.39, 0.29) is 6.04 Å². The van der Waals surface area contributed by atoms with E-state index in [0.717, 1.165) is 5.92 Å². The van der Waals surface area contributed by atoms with Crippen LogP contribution in [-0.4, -0.2) is 49.6 Å². The molecule has 2 N–H and O–H groups in total. The van der Waals surface area contributed by atoms with Crippen LogP contribution in [0.15, 0.2) is 24.3 Å². The maximum absolute atomic E-state index is 6.30. The zero-order valence-electron chi connectivity index (χ0n) is 14.0. The van der Waals surface area contributed by atoms with Crippen molar-refractivity contribution in [2.75, 3.05) is 33.7 Å². The Kier molecular flexibility index (Phi) is 5.80. The van der Waals surface area contributed by atoms with Gasteiger partial charge in [0.1, 0.15) is 0 Å². The molecule has 118 valence electrons. The lowest BCUT2D eigenvalue weighted by atomic mass is 9.91. The lowest BCUT2D eigenvalue weighted by molar-refractivity contribution is 0.108. The lowest BCUT2D eigenvalue weighted by Crippen LogP contribution is -2.44. The highest BCUT2D eigenvalue weighted by Crippen LogP contribution is 2.29. The predicted octanol–water partition coefficient (Wildman–Crippen LogP) is 2.66. The summed E-state index contributed by atoms with van der Waals surface area (Å²) in [6, 6.07) is 9.40. The second kappa shape index (κ2) is 7.39. The van der Waals surface area contributed by atoms with Crippen LogP contribution < -0.4 is 5.73 Å². The van der Waals surface area contributed by atoms with Gasteiger partial charge in [0.25, 0.3) is 0 Å². The van der Waals surface area contributed by atoms with E-state index in [4.69, 9.17) is 5.73 Å². The molecule has 0 spiro atoms. The van der Waals surface area contributed by atoms with Crippen molar-refractivity contribution in [1.29, 1.82) is 0 Å². The predicted molar refractivity (Wildman–Crippen MR) is 90.4 cm³/mol. The van der Waals surface area contributed by atoms with E-state index in [1.807, 2.05) is 0 Å². The Labute approximate surface area is 130 Å². The molecule has 1 heterocycles. The average Bonchev–Trinajstić information content (AvgIpc) is 2.42. The van der Waals surface area contributed by atoms with Gasteiger partial charge in [-0.25, -0.2) is 0 Å². The number of rotatable bonds is 5. The van der Waals surface area contributed by atoms with Crippen molar-refractivity contribution in [3.05, 3.63) is 35.4 Å². The molecule has 2 rings (SSSR count). The third kappa shape index (κ3) is 4.53. The van der Waals surface area contributed by atoms with Crippen LogP contribution in [0.1, 0.15) is 36.9 Å². The minimum absolute atomic E-state index is 0.165. The third-order valence-corrected chi connectivity index (χ3v) is 4.58. The van der Waals surface area contributed by atoms with E-state index < -0.39 is 0 Å². The van der Waals surface area contributed by atoms with Gasteiger partial charge in [0.15, 0.2) is 0 Å². The molecule has 2 unspecified atom stereocenters. The summed E-state index contributed by atoms with van der Waals surface area (Å²) in [7, 11) is 4.34. The first-order valence-electron chi connectivity index (χ1n) is 8.18. The lowest BCUT2D eigenvalue weighted by Gasteiger charge is -2.40. The molecule has 1 aromatic carbocycles. The second-order valence-electron chi connectivity index (χ2n) is 6.96. The molecule has 0 bridgehead atoms. The Bertz CT molecular complexity index is 417. The van der Waals surface area contributed by atoms with Crippen molar-refractivity contribution in [1.82, 2.24) is 9.80 Å². The number of nitrogens with zero attached hydrogens (tertiary/aromatic N) is 2. The van der Waals surface area contributed by atoms with Gasteiger partial charge in [0.2, 0.25) is 0 Å². The number of hydrogen-bond donors (Lipinski definition) is 1. The fraction of sp³-hybridized carbons (Fsp3) is 0.667. The van der Waals surface area contributed by atoms with Crippen molar-refractivity contribution < 1.29 is 0 Å². The van der Waals surface area contributed by atoms with Gasteiger partial charge in [0, 0.05) is 18.6 Å². The molecule has 1 aliphatic heterocycles. The van der Waals surface area contributed by atoms with Crippen LogP contribution in [-0.2, 0) is 0 Å². The molecule has 3 nitrogen and oxygen atoms in total. The smallest absolute Gasteiger partial charge is 0.0496 e. The largest absolute Gasteiger partial charge is 0.326 e. The number of aryl methyl sites for hydroxylation is 1. The van der Waals surface area contributed by atoms with Gasteiger partial charge in [-0.05, 0) is 65.4 Å². The summed E-state index contributed by atoms with van der Waals surface area (Å²) in [5.41, 5.74) is 8.98. The van der Waals surface area contributed by atoms with Gasteiger partial charge < -0.3 is 10.6 Å². The summed E-state index contributed by atoms with van der Waals surface area (Å²) in [5.74, 6) is 0.836. The van der Waals surface area contributed by atoms with E-state index in [2.05, 4.69) is 62.0 Å². The normalized spacial score (nSPS) is 20.7. The van der Waals surface area contributed by atoms with E-state index in [9.17, 15) is 0 Å². The van der Waals surface area contributed by atoms with Crippen LogP contribution >= 0.6 is 0 Å². The Hall–Kier alpha value is -0.900. The molecule has 3 heteroatoms. The fourth-order valence-corrected chi connectivity index (χ4v) is 3.54. The van der Waals surface area contributed by atoms with Gasteiger partial charge in [-0.15, -0.1) is 0 Å². The minimum atomic E-state index is 0.165. The summed E-state index contributed by atoms with van der Waals surface area (Å²) in [4.78, 5) is 4.89. The maximum Gasteiger partial charge on any atom is 0.0496 e. The van der Waals surface area contributed by atoms with Crippen LogP contribution in [0.2, 0.25) is 0 Å². The monoisotopic (exact) mass is 289 g/mol. The topological polar surface area (TPSA) is 32.5 Å². The third-order valence-electron chi connectivity index (χ3n) is 4.58. The average molecular weight is 289 g/mol. The van der Waals surface area contributed by atoms with E-state index in [0.29, 0.717) is 6.04 Å². The number of likely N-dealkylation sites (tertiary alicyclic amines) is 1. The van der Waals surface area contributed by atoms with Crippen molar-refractivity contribution in [2.45, 2.75) is 38.8 Å². The molecule has 0 aliphatic carbocycles. The molecular weight excluding hydrogens is 258 g/mol. The van der Waals surface area contributed by atoms with Gasteiger partial charge in [-0.2, -0.15) is 0 Å². The summed E-state index contributed by atoms with van der Waals surface area (Å²) in [5, 5.41) is 0. The number of nitrogens with two attached hydrogens (primary N) is 1. The quantitative estimate of drug-likeness (QED) is 0.904. The van der Waals surface area contributed by atoms with Crippen LogP contribution in [0.4, 0.5) is 0 Å². The highest BCUT2D eigenvalue weighted by molar-refractivity contribution is 5.25. The van der Waals surface area contributed by atoms with E-state index >= 15 is 0 Å². The van der Waals surface area contributed by atoms with Crippen molar-refractivity contribution in [2.24, 2.45) is 11.7 Å². The van der Waals surface area contributed by atoms with E-state index in [1.54, 1.807) is 0 Å². The van der Waals surface area contributed by atoms with Gasteiger partial charge in [0.05, 0.1) is 0 Å². The summed E-state index contributed by atoms with van der Waals surface area (Å²) >= 11 is 0. The highest BCUT2D eigenvalue weighted by atomic mass is 15.2. The first-order valence-corrected chi connectivity index (χ1v) is 8.18. The van der Waals surface area contributed by atoms with Gasteiger partial charge >= 0.3 is 0 Å². The molecule has 1 saturated heterocycles. The fourth-order valence-electron chi connectivity index (χ4n) is 3.54. The number of hydrogen-bond acceptors (Lipinski definition) is 3. The first kappa shape index (κ1) is 16.5. The van der Waals surface area contributed by atoms with Gasteiger partial charge in [-0.1, -0.05) is 29.8 Å². The molecule has 21 heavy (non-hydrogen) atoms. The zero-order chi connectivity index (χ0) is 15.4. The SMILES string of the molecule is Cc1ccc(C(C(C)N)N2CCC(CN(C)C)CC2)cc1. The Morgan fingerprint density at radius 2 is 1.76 bits per heavy atom. The molecule has 1 aromatic rings. The Morgan fingerprint density at radius 3 is 2.24 bits per heavy atom. The van der Waals surface area contributed by atoms with Crippen LogP contribution in [0.3, 0.4) is 0 Å². The summed E-state index contributed by atoms with van der Waals surface area (Å²) in [6.45, 7) is 7.81. The first-order chi connectivity index (χ1) is 9.97. The second-order valence-corrected chi connectivity index (χ2v) is 6.96. The maximum atomic E-state index is 6.30. The highest BCUT2D eigenvalue weighted by Gasteiger charge is 2.28. The van der Waals surface area contributed by atoms with Crippen molar-refractivity contribution in [3.63, 3.8) is 0 Å². The van der Waals surface area contributed by atoms with Crippen molar-refractivity contribution in [3.8, 4) is 0 Å². The molecule has 1 fully saturated rings. The molecular formula is C18H31N3. The Morgan fingerprint density at radius 1 is 1.19 bits per heavy atom. The Balaban J connectivity index is 2.02. The molecule has 1 aliphatic rings. The number of piperidine rings is 1. The van der Waals surface area contributed by atoms with Crippen molar-refractivity contribution >= 4 is 0 Å².